The van der Waals surface area contributed by atoms with E-state index in [1.807, 2.05) is 25.3 Å². The minimum atomic E-state index is 0.437. The van der Waals surface area contributed by atoms with Crippen molar-refractivity contribution >= 4 is 39.3 Å². The summed E-state index contributed by atoms with van der Waals surface area (Å²) >= 11 is 1.42. The molecule has 0 bridgehead atoms. The number of H-pyrrole nitrogens is 1. The SMILES string of the molecule is Cc1cc(Nc2nc(NC3CCC(N4CCOCC4)CC3)c3[nH]ccc3n2)sn1. The molecule has 5 rings (SSSR count). The van der Waals surface area contributed by atoms with Crippen molar-refractivity contribution < 1.29 is 4.74 Å². The fraction of sp³-hybridized carbons (Fsp3) is 0.550. The summed E-state index contributed by atoms with van der Waals surface area (Å²) in [4.78, 5) is 15.3. The maximum atomic E-state index is 5.50. The van der Waals surface area contributed by atoms with Crippen molar-refractivity contribution in [3.8, 4) is 0 Å². The van der Waals surface area contributed by atoms with E-state index < -0.39 is 0 Å². The van der Waals surface area contributed by atoms with Crippen LogP contribution < -0.4 is 10.6 Å². The fourth-order valence-corrected chi connectivity index (χ4v) is 5.01. The normalized spacial score (nSPS) is 23.3. The Morgan fingerprint density at radius 2 is 2.00 bits per heavy atom. The molecule has 1 aliphatic heterocycles. The van der Waals surface area contributed by atoms with Gasteiger partial charge in [-0.1, -0.05) is 0 Å². The molecular formula is C20H27N7OS. The van der Waals surface area contributed by atoms with E-state index in [4.69, 9.17) is 9.72 Å². The summed E-state index contributed by atoms with van der Waals surface area (Å²) in [5.74, 6) is 1.48. The molecule has 29 heavy (non-hydrogen) atoms. The summed E-state index contributed by atoms with van der Waals surface area (Å²) in [5, 5.41) is 7.94. The van der Waals surface area contributed by atoms with Gasteiger partial charge in [0, 0.05) is 31.4 Å². The van der Waals surface area contributed by atoms with Crippen LogP contribution in [0.25, 0.3) is 11.0 Å². The van der Waals surface area contributed by atoms with Crippen molar-refractivity contribution in [1.29, 1.82) is 0 Å². The minimum absolute atomic E-state index is 0.437. The van der Waals surface area contributed by atoms with Gasteiger partial charge < -0.3 is 20.4 Å². The van der Waals surface area contributed by atoms with Crippen LogP contribution in [0.1, 0.15) is 31.4 Å². The predicted octanol–water partition coefficient (Wildman–Crippen LogP) is 3.52. The first-order valence-corrected chi connectivity index (χ1v) is 11.2. The monoisotopic (exact) mass is 413 g/mol. The molecule has 1 saturated carbocycles. The molecule has 0 amide bonds. The highest BCUT2D eigenvalue weighted by Gasteiger charge is 2.27. The van der Waals surface area contributed by atoms with E-state index >= 15 is 0 Å². The average Bonchev–Trinajstić information content (AvgIpc) is 3.38. The lowest BCUT2D eigenvalue weighted by Crippen LogP contribution is -2.46. The Bertz CT molecular complexity index is 957. The number of aromatic nitrogens is 4. The number of nitrogens with zero attached hydrogens (tertiary/aromatic N) is 4. The fourth-order valence-electron chi connectivity index (χ4n) is 4.36. The number of ether oxygens (including phenoxy) is 1. The van der Waals surface area contributed by atoms with Gasteiger partial charge in [-0.05, 0) is 56.3 Å². The number of hydrogen-bond acceptors (Lipinski definition) is 8. The number of aromatic amines is 1. The molecular weight excluding hydrogens is 386 g/mol. The maximum absolute atomic E-state index is 5.50. The molecule has 3 aromatic rings. The Hall–Kier alpha value is -2.23. The van der Waals surface area contributed by atoms with Gasteiger partial charge in [0.1, 0.15) is 10.5 Å². The Labute approximate surface area is 174 Å². The molecule has 0 aromatic carbocycles. The number of aryl methyl sites for hydroxylation is 1. The largest absolute Gasteiger partial charge is 0.379 e. The van der Waals surface area contributed by atoms with Gasteiger partial charge in [-0.3, -0.25) is 4.90 Å². The molecule has 0 spiro atoms. The minimum Gasteiger partial charge on any atom is -0.379 e. The average molecular weight is 414 g/mol. The zero-order valence-corrected chi connectivity index (χ0v) is 17.5. The lowest BCUT2D eigenvalue weighted by atomic mass is 9.90. The summed E-state index contributed by atoms with van der Waals surface area (Å²) in [7, 11) is 0. The molecule has 154 valence electrons. The van der Waals surface area contributed by atoms with Gasteiger partial charge in [0.05, 0.1) is 24.4 Å². The second-order valence-corrected chi connectivity index (χ2v) is 8.69. The van der Waals surface area contributed by atoms with E-state index in [1.54, 1.807) is 0 Å². The lowest BCUT2D eigenvalue weighted by molar-refractivity contribution is 0.00791. The molecule has 4 heterocycles. The Morgan fingerprint density at radius 3 is 2.76 bits per heavy atom. The van der Waals surface area contributed by atoms with Crippen LogP contribution in [0.15, 0.2) is 18.3 Å². The number of rotatable bonds is 5. The highest BCUT2D eigenvalue weighted by atomic mass is 32.1. The molecule has 9 heteroatoms. The highest BCUT2D eigenvalue weighted by Crippen LogP contribution is 2.29. The van der Waals surface area contributed by atoms with E-state index in [0.717, 1.165) is 66.7 Å². The van der Waals surface area contributed by atoms with Gasteiger partial charge in [0.2, 0.25) is 5.95 Å². The second kappa shape index (κ2) is 8.25. The van der Waals surface area contributed by atoms with Crippen LogP contribution in [0.3, 0.4) is 0 Å². The van der Waals surface area contributed by atoms with Crippen LogP contribution in [-0.4, -0.2) is 62.6 Å². The third kappa shape index (κ3) is 4.22. The van der Waals surface area contributed by atoms with E-state index in [-0.39, 0.29) is 0 Å². The third-order valence-electron chi connectivity index (χ3n) is 5.87. The Morgan fingerprint density at radius 1 is 1.17 bits per heavy atom. The van der Waals surface area contributed by atoms with Crippen molar-refractivity contribution in [2.45, 2.75) is 44.7 Å². The summed E-state index contributed by atoms with van der Waals surface area (Å²) in [6.07, 6.45) is 6.68. The van der Waals surface area contributed by atoms with Crippen LogP contribution in [0.5, 0.6) is 0 Å². The first kappa shape index (κ1) is 18.8. The van der Waals surface area contributed by atoms with E-state index in [1.165, 1.54) is 24.4 Å². The quantitative estimate of drug-likeness (QED) is 0.589. The summed E-state index contributed by atoms with van der Waals surface area (Å²) in [6.45, 7) is 5.88. The first-order valence-electron chi connectivity index (χ1n) is 10.4. The zero-order valence-electron chi connectivity index (χ0n) is 16.6. The number of morpholine rings is 1. The molecule has 3 N–H and O–H groups in total. The van der Waals surface area contributed by atoms with Crippen LogP contribution in [-0.2, 0) is 4.74 Å². The number of fused-ring (bicyclic) bond motifs is 1. The molecule has 8 nitrogen and oxygen atoms in total. The van der Waals surface area contributed by atoms with Crippen molar-refractivity contribution in [2.75, 3.05) is 36.9 Å². The van der Waals surface area contributed by atoms with Gasteiger partial charge in [-0.15, -0.1) is 0 Å². The topological polar surface area (TPSA) is 91.0 Å². The van der Waals surface area contributed by atoms with E-state index in [2.05, 4.69) is 29.9 Å². The van der Waals surface area contributed by atoms with Crippen molar-refractivity contribution in [3.05, 3.63) is 24.0 Å². The number of nitrogens with one attached hydrogen (secondary N) is 3. The molecule has 1 aliphatic carbocycles. The highest BCUT2D eigenvalue weighted by molar-refractivity contribution is 7.10. The van der Waals surface area contributed by atoms with Gasteiger partial charge in [-0.2, -0.15) is 9.36 Å². The van der Waals surface area contributed by atoms with E-state index in [0.29, 0.717) is 18.0 Å². The second-order valence-electron chi connectivity index (χ2n) is 7.89. The first-order chi connectivity index (χ1) is 14.2. The maximum Gasteiger partial charge on any atom is 0.230 e. The molecule has 0 atom stereocenters. The van der Waals surface area contributed by atoms with Crippen molar-refractivity contribution in [3.63, 3.8) is 0 Å². The van der Waals surface area contributed by atoms with Crippen LogP contribution >= 0.6 is 11.5 Å². The van der Waals surface area contributed by atoms with Crippen molar-refractivity contribution in [2.24, 2.45) is 0 Å². The third-order valence-corrected chi connectivity index (χ3v) is 6.66. The standard InChI is InChI=1S/C20H27N7OS/c1-13-12-17(29-26-13)24-20-23-16-6-7-21-18(16)19(25-20)22-14-2-4-15(5-3-14)27-8-10-28-11-9-27/h6-7,12,14-15,21H,2-5,8-11H2,1H3,(H2,22,23,24,25). The molecule has 2 fully saturated rings. The van der Waals surface area contributed by atoms with Gasteiger partial charge in [0.25, 0.3) is 0 Å². The van der Waals surface area contributed by atoms with Crippen LogP contribution in [0, 0.1) is 6.92 Å². The molecule has 0 unspecified atom stereocenters. The summed E-state index contributed by atoms with van der Waals surface area (Å²) in [6, 6.07) is 5.13. The Kier molecular flexibility index (Phi) is 5.34. The van der Waals surface area contributed by atoms with Gasteiger partial charge >= 0.3 is 0 Å². The molecule has 0 radical (unpaired) electrons. The molecule has 1 saturated heterocycles. The Balaban J connectivity index is 1.28. The zero-order chi connectivity index (χ0) is 19.6. The predicted molar refractivity (Wildman–Crippen MR) is 116 cm³/mol. The van der Waals surface area contributed by atoms with Crippen LogP contribution in [0.2, 0.25) is 0 Å². The molecule has 2 aliphatic rings. The van der Waals surface area contributed by atoms with Gasteiger partial charge in [0.15, 0.2) is 5.82 Å². The summed E-state index contributed by atoms with van der Waals surface area (Å²) < 4.78 is 9.81. The number of hydrogen-bond donors (Lipinski definition) is 3. The summed E-state index contributed by atoms with van der Waals surface area (Å²) in [5.41, 5.74) is 2.87. The van der Waals surface area contributed by atoms with E-state index in [9.17, 15) is 0 Å². The van der Waals surface area contributed by atoms with Gasteiger partial charge in [-0.25, -0.2) is 4.98 Å². The van der Waals surface area contributed by atoms with Crippen molar-refractivity contribution in [1.82, 2.24) is 24.2 Å². The van der Waals surface area contributed by atoms with Crippen LogP contribution in [0.4, 0.5) is 16.8 Å². The smallest absolute Gasteiger partial charge is 0.230 e. The lowest BCUT2D eigenvalue weighted by Gasteiger charge is -2.39. The number of anilines is 3. The molecule has 3 aromatic heterocycles.